The van der Waals surface area contributed by atoms with Crippen molar-refractivity contribution in [1.82, 2.24) is 5.32 Å². The molecule has 0 saturated heterocycles. The molecule has 0 saturated carbocycles. The third-order valence-electron chi connectivity index (χ3n) is 3.06. The second-order valence-corrected chi connectivity index (χ2v) is 4.84. The molecule has 0 aromatic heterocycles. The van der Waals surface area contributed by atoms with Crippen molar-refractivity contribution >= 4 is 17.5 Å². The Kier molecular flexibility index (Phi) is 8.67. The van der Waals surface area contributed by atoms with Gasteiger partial charge in [-0.1, -0.05) is 25.0 Å². The molecule has 0 spiro atoms. The Balaban J connectivity index is 2.36. The molecular weight excluding hydrogens is 282 g/mol. The van der Waals surface area contributed by atoms with Gasteiger partial charge in [0.05, 0.1) is 12.3 Å². The molecule has 0 aliphatic rings. The maximum Gasteiger partial charge on any atom is 0.313 e. The van der Waals surface area contributed by atoms with Crippen molar-refractivity contribution in [3.05, 3.63) is 24.3 Å². The van der Waals surface area contributed by atoms with Crippen molar-refractivity contribution in [3.8, 4) is 5.75 Å². The van der Waals surface area contributed by atoms with Crippen LogP contribution in [0.4, 0.5) is 5.69 Å². The number of nitrogens with one attached hydrogen (secondary N) is 2. The van der Waals surface area contributed by atoms with E-state index in [2.05, 4.69) is 10.6 Å². The summed E-state index contributed by atoms with van der Waals surface area (Å²) in [7, 11) is 0. The number of anilines is 1. The second kappa shape index (κ2) is 10.6. The summed E-state index contributed by atoms with van der Waals surface area (Å²) in [5.74, 6) is -0.771. The summed E-state index contributed by atoms with van der Waals surface area (Å²) in [5, 5.41) is 5.17. The smallest absolute Gasteiger partial charge is 0.313 e. The van der Waals surface area contributed by atoms with Crippen LogP contribution in [-0.4, -0.2) is 31.5 Å². The van der Waals surface area contributed by atoms with E-state index < -0.39 is 11.8 Å². The molecule has 0 heterocycles. The molecule has 0 fully saturated rings. The molecule has 0 atom stereocenters. The van der Waals surface area contributed by atoms with E-state index in [1.807, 2.05) is 13.0 Å². The number of hydrogen-bond donors (Lipinski definition) is 3. The lowest BCUT2D eigenvalue weighted by Gasteiger charge is -2.11. The van der Waals surface area contributed by atoms with Crippen molar-refractivity contribution in [2.24, 2.45) is 5.73 Å². The fraction of sp³-hybridized carbons (Fsp3) is 0.500. The van der Waals surface area contributed by atoms with Gasteiger partial charge in [0.2, 0.25) is 0 Å². The minimum Gasteiger partial charge on any atom is -0.492 e. The number of rotatable bonds is 9. The molecule has 0 bridgehead atoms. The quantitative estimate of drug-likeness (QED) is 0.478. The van der Waals surface area contributed by atoms with Gasteiger partial charge in [-0.25, -0.2) is 0 Å². The third kappa shape index (κ3) is 6.58. The molecule has 0 radical (unpaired) electrons. The van der Waals surface area contributed by atoms with Crippen LogP contribution in [0.15, 0.2) is 24.3 Å². The van der Waals surface area contributed by atoms with Crippen LogP contribution in [0, 0.1) is 0 Å². The molecule has 1 aromatic rings. The summed E-state index contributed by atoms with van der Waals surface area (Å²) >= 11 is 0. The van der Waals surface area contributed by atoms with Crippen LogP contribution in [0.25, 0.3) is 0 Å². The molecule has 1 aromatic carbocycles. The van der Waals surface area contributed by atoms with Crippen LogP contribution in [0.5, 0.6) is 5.75 Å². The minimum atomic E-state index is -0.686. The molecule has 6 nitrogen and oxygen atoms in total. The van der Waals surface area contributed by atoms with E-state index in [4.69, 9.17) is 10.5 Å². The maximum absolute atomic E-state index is 11.8. The number of nitrogens with two attached hydrogens (primary N) is 1. The van der Waals surface area contributed by atoms with Gasteiger partial charge in [0.25, 0.3) is 0 Å². The van der Waals surface area contributed by atoms with Crippen molar-refractivity contribution in [1.29, 1.82) is 0 Å². The highest BCUT2D eigenvalue weighted by molar-refractivity contribution is 6.39. The number of amides is 2. The molecule has 1 rings (SSSR count). The Morgan fingerprint density at radius 3 is 2.55 bits per heavy atom. The Morgan fingerprint density at radius 2 is 1.82 bits per heavy atom. The van der Waals surface area contributed by atoms with Crippen LogP contribution in [0.1, 0.15) is 32.6 Å². The second-order valence-electron chi connectivity index (χ2n) is 4.84. The number of para-hydroxylation sites is 2. The molecule has 122 valence electrons. The first-order valence-corrected chi connectivity index (χ1v) is 7.70. The lowest BCUT2D eigenvalue weighted by atomic mass is 10.2. The average Bonchev–Trinajstić information content (AvgIpc) is 2.52. The maximum atomic E-state index is 11.8. The number of hydrogen-bond acceptors (Lipinski definition) is 4. The SMILES string of the molecule is CCOc1ccccc1NC(=O)C(=O)NCCCCCCN. The molecular formula is C16H25N3O3. The summed E-state index contributed by atoms with van der Waals surface area (Å²) in [4.78, 5) is 23.6. The van der Waals surface area contributed by atoms with E-state index >= 15 is 0 Å². The minimum absolute atomic E-state index is 0.488. The molecule has 2 amide bonds. The van der Waals surface area contributed by atoms with Crippen LogP contribution in [0.2, 0.25) is 0 Å². The summed E-state index contributed by atoms with van der Waals surface area (Å²) in [5.41, 5.74) is 5.90. The highest BCUT2D eigenvalue weighted by Crippen LogP contribution is 2.23. The molecule has 22 heavy (non-hydrogen) atoms. The number of carbonyl (C=O) groups excluding carboxylic acids is 2. The standard InChI is InChI=1S/C16H25N3O3/c1-2-22-14-10-6-5-9-13(14)19-16(21)15(20)18-12-8-4-3-7-11-17/h5-6,9-10H,2-4,7-8,11-12,17H2,1H3,(H,18,20)(H,19,21). The molecule has 4 N–H and O–H groups in total. The predicted octanol–water partition coefficient (Wildman–Crippen LogP) is 1.66. The van der Waals surface area contributed by atoms with Gasteiger partial charge in [-0.15, -0.1) is 0 Å². The first-order valence-electron chi connectivity index (χ1n) is 7.70. The Morgan fingerprint density at radius 1 is 1.09 bits per heavy atom. The molecule has 0 aliphatic heterocycles. The largest absolute Gasteiger partial charge is 0.492 e. The zero-order valence-corrected chi connectivity index (χ0v) is 13.1. The monoisotopic (exact) mass is 307 g/mol. The number of unbranched alkanes of at least 4 members (excludes halogenated alkanes) is 3. The topological polar surface area (TPSA) is 93.4 Å². The van der Waals surface area contributed by atoms with E-state index in [-0.39, 0.29) is 0 Å². The number of carbonyl (C=O) groups is 2. The lowest BCUT2D eigenvalue weighted by Crippen LogP contribution is -2.36. The fourth-order valence-electron chi connectivity index (χ4n) is 1.94. The van der Waals surface area contributed by atoms with Crippen molar-refractivity contribution in [2.45, 2.75) is 32.6 Å². The van der Waals surface area contributed by atoms with Gasteiger partial charge < -0.3 is 21.1 Å². The van der Waals surface area contributed by atoms with E-state index in [9.17, 15) is 9.59 Å². The van der Waals surface area contributed by atoms with E-state index in [0.717, 1.165) is 25.7 Å². The van der Waals surface area contributed by atoms with Crippen LogP contribution < -0.4 is 21.1 Å². The Labute approximate surface area is 131 Å². The van der Waals surface area contributed by atoms with Crippen molar-refractivity contribution < 1.29 is 14.3 Å². The molecule has 0 aliphatic carbocycles. The lowest BCUT2D eigenvalue weighted by molar-refractivity contribution is -0.136. The number of benzene rings is 1. The van der Waals surface area contributed by atoms with Gasteiger partial charge >= 0.3 is 11.8 Å². The highest BCUT2D eigenvalue weighted by Gasteiger charge is 2.14. The van der Waals surface area contributed by atoms with E-state index in [1.54, 1.807) is 18.2 Å². The fourth-order valence-corrected chi connectivity index (χ4v) is 1.94. The zero-order valence-electron chi connectivity index (χ0n) is 13.1. The van der Waals surface area contributed by atoms with Crippen LogP contribution >= 0.6 is 0 Å². The van der Waals surface area contributed by atoms with Gasteiger partial charge in [0, 0.05) is 6.54 Å². The Hall–Kier alpha value is -2.08. The molecule has 0 unspecified atom stereocenters. The predicted molar refractivity (Wildman–Crippen MR) is 86.8 cm³/mol. The summed E-state index contributed by atoms with van der Waals surface area (Å²) in [6.45, 7) is 3.52. The third-order valence-corrected chi connectivity index (χ3v) is 3.06. The first-order chi connectivity index (χ1) is 10.7. The van der Waals surface area contributed by atoms with Gasteiger partial charge in [0.15, 0.2) is 0 Å². The summed E-state index contributed by atoms with van der Waals surface area (Å²) in [6, 6.07) is 7.02. The summed E-state index contributed by atoms with van der Waals surface area (Å²) in [6.07, 6.45) is 3.86. The zero-order chi connectivity index (χ0) is 16.2. The Bertz CT molecular complexity index is 477. The van der Waals surface area contributed by atoms with Gasteiger partial charge in [0.1, 0.15) is 5.75 Å². The van der Waals surface area contributed by atoms with Crippen molar-refractivity contribution in [3.63, 3.8) is 0 Å². The highest BCUT2D eigenvalue weighted by atomic mass is 16.5. The first kappa shape index (κ1) is 18.0. The molecule has 6 heteroatoms. The van der Waals surface area contributed by atoms with E-state index in [0.29, 0.717) is 31.1 Å². The van der Waals surface area contributed by atoms with Gasteiger partial charge in [-0.2, -0.15) is 0 Å². The normalized spacial score (nSPS) is 10.1. The van der Waals surface area contributed by atoms with Gasteiger partial charge in [-0.05, 0) is 38.4 Å². The van der Waals surface area contributed by atoms with Gasteiger partial charge in [-0.3, -0.25) is 9.59 Å². The average molecular weight is 307 g/mol. The van der Waals surface area contributed by atoms with Crippen LogP contribution in [0.3, 0.4) is 0 Å². The van der Waals surface area contributed by atoms with Crippen molar-refractivity contribution in [2.75, 3.05) is 25.0 Å². The number of ether oxygens (including phenoxy) is 1. The van der Waals surface area contributed by atoms with Crippen LogP contribution in [-0.2, 0) is 9.59 Å². The van der Waals surface area contributed by atoms with E-state index in [1.165, 1.54) is 0 Å². The summed E-state index contributed by atoms with van der Waals surface area (Å²) < 4.78 is 5.40.